The standard InChI is InChI=1S/C26H29N3O3/c1-17-10-18(2)12-20(11-17)21-14-22(25(27-16-21)29-8-5-9-29)26(30)28-15-19-6-7-23(31-3)24(13-19)32-4/h6-7,10-14,16H,5,8-9,15H2,1-4H3,(H,28,30). The molecule has 32 heavy (non-hydrogen) atoms. The van der Waals surface area contributed by atoms with Gasteiger partial charge in [-0.2, -0.15) is 0 Å². The molecule has 0 bridgehead atoms. The van der Waals surface area contributed by atoms with E-state index < -0.39 is 0 Å². The zero-order chi connectivity index (χ0) is 22.7. The van der Waals surface area contributed by atoms with Crippen molar-refractivity contribution in [1.82, 2.24) is 10.3 Å². The summed E-state index contributed by atoms with van der Waals surface area (Å²) < 4.78 is 10.7. The summed E-state index contributed by atoms with van der Waals surface area (Å²) >= 11 is 0. The normalized spacial score (nSPS) is 12.8. The molecule has 2 heterocycles. The number of hydrogen-bond acceptors (Lipinski definition) is 5. The van der Waals surface area contributed by atoms with Crippen LogP contribution in [-0.2, 0) is 6.54 Å². The van der Waals surface area contributed by atoms with E-state index >= 15 is 0 Å². The molecule has 1 aromatic heterocycles. The van der Waals surface area contributed by atoms with Crippen molar-refractivity contribution < 1.29 is 14.3 Å². The van der Waals surface area contributed by atoms with E-state index in [1.807, 2.05) is 30.5 Å². The van der Waals surface area contributed by atoms with E-state index in [0.717, 1.165) is 42.0 Å². The third-order valence-electron chi connectivity index (χ3n) is 5.72. The number of nitrogens with zero attached hydrogens (tertiary/aromatic N) is 2. The van der Waals surface area contributed by atoms with Gasteiger partial charge in [-0.25, -0.2) is 4.98 Å². The number of rotatable bonds is 7. The van der Waals surface area contributed by atoms with Crippen molar-refractivity contribution in [3.05, 3.63) is 70.9 Å². The first kappa shape index (κ1) is 21.7. The minimum Gasteiger partial charge on any atom is -0.493 e. The predicted molar refractivity (Wildman–Crippen MR) is 127 cm³/mol. The van der Waals surface area contributed by atoms with Crippen molar-refractivity contribution in [2.45, 2.75) is 26.8 Å². The van der Waals surface area contributed by atoms with Crippen molar-refractivity contribution in [1.29, 1.82) is 0 Å². The van der Waals surface area contributed by atoms with Gasteiger partial charge in [-0.3, -0.25) is 4.79 Å². The predicted octanol–water partition coefficient (Wildman–Crippen LogP) is 4.52. The van der Waals surface area contributed by atoms with E-state index in [9.17, 15) is 4.79 Å². The summed E-state index contributed by atoms with van der Waals surface area (Å²) in [7, 11) is 3.20. The van der Waals surface area contributed by atoms with Crippen LogP contribution in [-0.4, -0.2) is 38.2 Å². The monoisotopic (exact) mass is 431 g/mol. The number of carbonyl (C=O) groups is 1. The number of methoxy groups -OCH3 is 2. The maximum Gasteiger partial charge on any atom is 0.255 e. The Morgan fingerprint density at radius 3 is 2.31 bits per heavy atom. The largest absolute Gasteiger partial charge is 0.493 e. The van der Waals surface area contributed by atoms with Crippen LogP contribution < -0.4 is 19.7 Å². The highest BCUT2D eigenvalue weighted by atomic mass is 16.5. The third kappa shape index (κ3) is 4.54. The molecule has 1 amide bonds. The van der Waals surface area contributed by atoms with Crippen LogP contribution in [0.5, 0.6) is 11.5 Å². The summed E-state index contributed by atoms with van der Waals surface area (Å²) in [5.41, 5.74) is 5.91. The van der Waals surface area contributed by atoms with E-state index in [-0.39, 0.29) is 5.91 Å². The van der Waals surface area contributed by atoms with Gasteiger partial charge in [0.1, 0.15) is 5.82 Å². The maximum absolute atomic E-state index is 13.2. The Kier molecular flexibility index (Phi) is 6.30. The van der Waals surface area contributed by atoms with Gasteiger partial charge in [-0.15, -0.1) is 0 Å². The van der Waals surface area contributed by atoms with Crippen molar-refractivity contribution in [2.24, 2.45) is 0 Å². The van der Waals surface area contributed by atoms with Crippen LogP contribution in [0.4, 0.5) is 5.82 Å². The Balaban J connectivity index is 1.61. The van der Waals surface area contributed by atoms with E-state index in [4.69, 9.17) is 14.5 Å². The lowest BCUT2D eigenvalue weighted by atomic mass is 10.00. The molecule has 166 valence electrons. The average molecular weight is 432 g/mol. The summed E-state index contributed by atoms with van der Waals surface area (Å²) in [5.74, 6) is 1.90. The molecule has 3 aromatic rings. The maximum atomic E-state index is 13.2. The number of amides is 1. The fourth-order valence-electron chi connectivity index (χ4n) is 3.97. The molecule has 0 spiro atoms. The third-order valence-corrected chi connectivity index (χ3v) is 5.72. The van der Waals surface area contributed by atoms with Gasteiger partial charge in [-0.1, -0.05) is 35.4 Å². The number of anilines is 1. The van der Waals surface area contributed by atoms with Crippen molar-refractivity contribution in [2.75, 3.05) is 32.2 Å². The van der Waals surface area contributed by atoms with Crippen LogP contribution >= 0.6 is 0 Å². The van der Waals surface area contributed by atoms with Crippen LogP contribution in [0.25, 0.3) is 11.1 Å². The number of hydrogen-bond donors (Lipinski definition) is 1. The number of pyridine rings is 1. The lowest BCUT2D eigenvalue weighted by molar-refractivity contribution is 0.0951. The van der Waals surface area contributed by atoms with Crippen LogP contribution in [0.15, 0.2) is 48.7 Å². The summed E-state index contributed by atoms with van der Waals surface area (Å²) in [6, 6.07) is 14.0. The number of carbonyl (C=O) groups excluding carboxylic acids is 1. The van der Waals surface area contributed by atoms with Crippen molar-refractivity contribution in [3.63, 3.8) is 0 Å². The zero-order valence-corrected chi connectivity index (χ0v) is 19.1. The summed E-state index contributed by atoms with van der Waals surface area (Å²) in [6.45, 7) is 6.38. The summed E-state index contributed by atoms with van der Waals surface area (Å²) in [6.07, 6.45) is 2.99. The van der Waals surface area contributed by atoms with E-state index in [2.05, 4.69) is 42.3 Å². The Labute approximate surface area is 189 Å². The molecule has 1 aliphatic rings. The van der Waals surface area contributed by atoms with Crippen LogP contribution in [0.1, 0.15) is 33.5 Å². The van der Waals surface area contributed by atoms with Crippen molar-refractivity contribution in [3.8, 4) is 22.6 Å². The topological polar surface area (TPSA) is 63.7 Å². The van der Waals surface area contributed by atoms with Crippen LogP contribution in [0.3, 0.4) is 0 Å². The molecule has 2 aromatic carbocycles. The highest BCUT2D eigenvalue weighted by Crippen LogP contribution is 2.30. The second kappa shape index (κ2) is 9.30. The van der Waals surface area contributed by atoms with Gasteiger partial charge in [0.15, 0.2) is 11.5 Å². The summed E-state index contributed by atoms with van der Waals surface area (Å²) in [5, 5.41) is 3.05. The molecule has 1 saturated heterocycles. The van der Waals surface area contributed by atoms with Crippen molar-refractivity contribution >= 4 is 11.7 Å². The number of ether oxygens (including phenoxy) is 2. The zero-order valence-electron chi connectivity index (χ0n) is 19.1. The Bertz CT molecular complexity index is 1120. The number of benzene rings is 2. The molecule has 1 fully saturated rings. The highest BCUT2D eigenvalue weighted by molar-refractivity contribution is 6.00. The Morgan fingerprint density at radius 2 is 1.69 bits per heavy atom. The average Bonchev–Trinajstić information content (AvgIpc) is 2.75. The second-order valence-electron chi connectivity index (χ2n) is 8.18. The number of aryl methyl sites for hydroxylation is 2. The molecule has 0 radical (unpaired) electrons. The first-order valence-corrected chi connectivity index (χ1v) is 10.8. The SMILES string of the molecule is COc1ccc(CNC(=O)c2cc(-c3cc(C)cc(C)c3)cnc2N2CCC2)cc1OC. The number of nitrogens with one attached hydrogen (secondary N) is 1. The first-order valence-electron chi connectivity index (χ1n) is 10.8. The molecule has 1 aliphatic heterocycles. The summed E-state index contributed by atoms with van der Waals surface area (Å²) in [4.78, 5) is 20.1. The Hall–Kier alpha value is -3.54. The molecular formula is C26H29N3O3. The number of aromatic nitrogens is 1. The van der Waals surface area contributed by atoms with E-state index in [1.54, 1.807) is 14.2 Å². The van der Waals surface area contributed by atoms with Gasteiger partial charge in [0.25, 0.3) is 5.91 Å². The van der Waals surface area contributed by atoms with Gasteiger partial charge in [0, 0.05) is 31.4 Å². The van der Waals surface area contributed by atoms with Gasteiger partial charge in [0.05, 0.1) is 19.8 Å². The Morgan fingerprint density at radius 1 is 0.969 bits per heavy atom. The van der Waals surface area contributed by atoms with Gasteiger partial charge >= 0.3 is 0 Å². The van der Waals surface area contributed by atoms with Gasteiger partial charge in [-0.05, 0) is 49.6 Å². The van der Waals surface area contributed by atoms with Gasteiger partial charge in [0.2, 0.25) is 0 Å². The van der Waals surface area contributed by atoms with Gasteiger partial charge < -0.3 is 19.7 Å². The minimum atomic E-state index is -0.139. The molecule has 0 atom stereocenters. The van der Waals surface area contributed by atoms with Crippen LogP contribution in [0.2, 0.25) is 0 Å². The van der Waals surface area contributed by atoms with E-state index in [1.165, 1.54) is 11.1 Å². The highest BCUT2D eigenvalue weighted by Gasteiger charge is 2.23. The van der Waals surface area contributed by atoms with Crippen LogP contribution in [0, 0.1) is 13.8 Å². The molecule has 1 N–H and O–H groups in total. The quantitative estimate of drug-likeness (QED) is 0.596. The minimum absolute atomic E-state index is 0.139. The lowest BCUT2D eigenvalue weighted by Crippen LogP contribution is -2.39. The molecule has 0 unspecified atom stereocenters. The smallest absolute Gasteiger partial charge is 0.255 e. The molecule has 4 rings (SSSR count). The second-order valence-corrected chi connectivity index (χ2v) is 8.18. The molecule has 0 aliphatic carbocycles. The lowest BCUT2D eigenvalue weighted by Gasteiger charge is -2.33. The molecule has 0 saturated carbocycles. The fourth-order valence-corrected chi connectivity index (χ4v) is 3.97. The first-order chi connectivity index (χ1) is 15.5. The molecule has 6 heteroatoms. The van der Waals surface area contributed by atoms with E-state index in [0.29, 0.717) is 23.6 Å². The fraction of sp³-hybridized carbons (Fsp3) is 0.308. The molecular weight excluding hydrogens is 402 g/mol. The molecule has 6 nitrogen and oxygen atoms in total.